The monoisotopic (exact) mass is 282 g/mol. The summed E-state index contributed by atoms with van der Waals surface area (Å²) < 4.78 is 0. The molecule has 20 heavy (non-hydrogen) atoms. The van der Waals surface area contributed by atoms with Crippen molar-refractivity contribution in [3.05, 3.63) is 0 Å². The second kappa shape index (κ2) is 5.60. The fourth-order valence-corrected chi connectivity index (χ4v) is 3.07. The number of carbonyl (C=O) groups excluding carboxylic acids is 2. The van der Waals surface area contributed by atoms with Gasteiger partial charge in [0, 0.05) is 32.7 Å². The minimum Gasteiger partial charge on any atom is -0.339 e. The summed E-state index contributed by atoms with van der Waals surface area (Å²) in [4.78, 5) is 27.9. The van der Waals surface area contributed by atoms with Gasteiger partial charge in [0.1, 0.15) is 0 Å². The highest BCUT2D eigenvalue weighted by Gasteiger charge is 2.38. The van der Waals surface area contributed by atoms with Crippen LogP contribution in [0.1, 0.15) is 27.2 Å². The van der Waals surface area contributed by atoms with Gasteiger partial charge in [-0.3, -0.25) is 4.79 Å². The highest BCUT2D eigenvalue weighted by molar-refractivity contribution is 5.81. The second-order valence-electron chi connectivity index (χ2n) is 7.01. The molecule has 2 atom stereocenters. The molecule has 0 aromatic heterocycles. The van der Waals surface area contributed by atoms with Gasteiger partial charge in [-0.2, -0.15) is 0 Å². The molecule has 2 rings (SSSR count). The van der Waals surface area contributed by atoms with Crippen LogP contribution in [0.15, 0.2) is 0 Å². The molecule has 0 bridgehead atoms. The number of fused-ring (bicyclic) bond motifs is 1. The van der Waals surface area contributed by atoms with Crippen LogP contribution in [-0.2, 0) is 4.79 Å². The standard InChI is InChI=1S/C14H26N4O2/c1-14(2,3)6-10(7-15)12(19)17-4-5-18-11(9-17)8-16-13(18)20/h10-11H,4-9,15H2,1-3H3,(H,16,20). The van der Waals surface area contributed by atoms with Crippen molar-refractivity contribution >= 4 is 11.9 Å². The topological polar surface area (TPSA) is 78.7 Å². The number of carbonyl (C=O) groups is 2. The lowest BCUT2D eigenvalue weighted by Crippen LogP contribution is -2.55. The fourth-order valence-electron chi connectivity index (χ4n) is 3.07. The van der Waals surface area contributed by atoms with Gasteiger partial charge in [-0.15, -0.1) is 0 Å². The van der Waals surface area contributed by atoms with Gasteiger partial charge in [0.15, 0.2) is 0 Å². The predicted molar refractivity (Wildman–Crippen MR) is 77.1 cm³/mol. The number of piperazine rings is 1. The van der Waals surface area contributed by atoms with E-state index in [9.17, 15) is 9.59 Å². The van der Waals surface area contributed by atoms with Gasteiger partial charge in [-0.1, -0.05) is 20.8 Å². The first kappa shape index (κ1) is 15.1. The summed E-state index contributed by atoms with van der Waals surface area (Å²) in [5.74, 6) is 0.0213. The zero-order chi connectivity index (χ0) is 14.9. The summed E-state index contributed by atoms with van der Waals surface area (Å²) in [6, 6.07) is 0.112. The average molecular weight is 282 g/mol. The molecule has 3 amide bonds. The smallest absolute Gasteiger partial charge is 0.317 e. The fraction of sp³-hybridized carbons (Fsp3) is 0.857. The molecule has 6 nitrogen and oxygen atoms in total. The van der Waals surface area contributed by atoms with E-state index in [4.69, 9.17) is 5.73 Å². The maximum Gasteiger partial charge on any atom is 0.317 e. The van der Waals surface area contributed by atoms with Crippen LogP contribution in [0.5, 0.6) is 0 Å². The predicted octanol–water partition coefficient (Wildman–Crippen LogP) is 0.234. The van der Waals surface area contributed by atoms with E-state index >= 15 is 0 Å². The van der Waals surface area contributed by atoms with Crippen molar-refractivity contribution < 1.29 is 9.59 Å². The molecule has 2 aliphatic heterocycles. The quantitative estimate of drug-likeness (QED) is 0.778. The van der Waals surface area contributed by atoms with E-state index in [-0.39, 0.29) is 29.3 Å². The molecule has 0 aromatic rings. The van der Waals surface area contributed by atoms with E-state index in [0.29, 0.717) is 32.7 Å². The SMILES string of the molecule is CC(C)(C)CC(CN)C(=O)N1CCN2C(=O)NCC2C1. The molecular weight excluding hydrogens is 256 g/mol. The van der Waals surface area contributed by atoms with Crippen LogP contribution in [-0.4, -0.2) is 60.5 Å². The third kappa shape index (κ3) is 3.23. The number of amides is 3. The number of nitrogens with one attached hydrogen (secondary N) is 1. The van der Waals surface area contributed by atoms with Crippen LogP contribution >= 0.6 is 0 Å². The van der Waals surface area contributed by atoms with Crippen LogP contribution < -0.4 is 11.1 Å². The number of nitrogens with two attached hydrogens (primary N) is 1. The molecule has 0 spiro atoms. The summed E-state index contributed by atoms with van der Waals surface area (Å²) in [5, 5.41) is 2.83. The minimum absolute atomic E-state index is 0.00725. The molecule has 2 aliphatic rings. The van der Waals surface area contributed by atoms with Crippen molar-refractivity contribution in [1.29, 1.82) is 0 Å². The molecule has 0 aliphatic carbocycles. The average Bonchev–Trinajstić information content (AvgIpc) is 2.75. The minimum atomic E-state index is -0.119. The molecule has 2 saturated heterocycles. The van der Waals surface area contributed by atoms with Gasteiger partial charge in [0.2, 0.25) is 5.91 Å². The molecule has 6 heteroatoms. The molecular formula is C14H26N4O2. The summed E-state index contributed by atoms with van der Waals surface area (Å²) >= 11 is 0. The first-order valence-electron chi connectivity index (χ1n) is 7.35. The largest absolute Gasteiger partial charge is 0.339 e. The van der Waals surface area contributed by atoms with Crippen LogP contribution in [0, 0.1) is 11.3 Å². The van der Waals surface area contributed by atoms with Gasteiger partial charge in [-0.25, -0.2) is 4.79 Å². The Morgan fingerprint density at radius 1 is 1.45 bits per heavy atom. The lowest BCUT2D eigenvalue weighted by molar-refractivity contribution is -0.138. The van der Waals surface area contributed by atoms with Crippen LogP contribution in [0.25, 0.3) is 0 Å². The van der Waals surface area contributed by atoms with Crippen molar-refractivity contribution in [3.63, 3.8) is 0 Å². The maximum atomic E-state index is 12.6. The van der Waals surface area contributed by atoms with Crippen LogP contribution in [0.3, 0.4) is 0 Å². The Morgan fingerprint density at radius 3 is 2.75 bits per heavy atom. The van der Waals surface area contributed by atoms with E-state index in [1.165, 1.54) is 0 Å². The maximum absolute atomic E-state index is 12.6. The van der Waals surface area contributed by atoms with Crippen molar-refractivity contribution in [2.24, 2.45) is 17.1 Å². The Morgan fingerprint density at radius 2 is 2.15 bits per heavy atom. The second-order valence-corrected chi connectivity index (χ2v) is 7.01. The van der Waals surface area contributed by atoms with Crippen molar-refractivity contribution in [1.82, 2.24) is 15.1 Å². The Kier molecular flexibility index (Phi) is 4.22. The Balaban J connectivity index is 1.97. The molecule has 3 N–H and O–H groups in total. The number of rotatable bonds is 3. The van der Waals surface area contributed by atoms with Crippen LogP contribution in [0.4, 0.5) is 4.79 Å². The van der Waals surface area contributed by atoms with E-state index in [0.717, 1.165) is 6.42 Å². The first-order valence-corrected chi connectivity index (χ1v) is 7.35. The molecule has 0 radical (unpaired) electrons. The van der Waals surface area contributed by atoms with E-state index in [1.807, 2.05) is 9.80 Å². The van der Waals surface area contributed by atoms with Crippen molar-refractivity contribution in [3.8, 4) is 0 Å². The zero-order valence-corrected chi connectivity index (χ0v) is 12.7. The first-order chi connectivity index (χ1) is 9.31. The lowest BCUT2D eigenvalue weighted by Gasteiger charge is -2.38. The molecule has 0 aromatic carbocycles. The van der Waals surface area contributed by atoms with Gasteiger partial charge in [-0.05, 0) is 11.8 Å². The lowest BCUT2D eigenvalue weighted by atomic mass is 9.84. The molecule has 114 valence electrons. The number of nitrogens with zero attached hydrogens (tertiary/aromatic N) is 2. The Hall–Kier alpha value is -1.30. The molecule has 2 fully saturated rings. The van der Waals surface area contributed by atoms with Crippen molar-refractivity contribution in [2.75, 3.05) is 32.7 Å². The number of hydrogen-bond acceptors (Lipinski definition) is 3. The summed E-state index contributed by atoms with van der Waals surface area (Å²) in [6.45, 7) is 9.26. The molecule has 0 saturated carbocycles. The van der Waals surface area contributed by atoms with Gasteiger partial charge in [0.05, 0.1) is 12.0 Å². The van der Waals surface area contributed by atoms with Gasteiger partial charge >= 0.3 is 6.03 Å². The van der Waals surface area contributed by atoms with Gasteiger partial charge < -0.3 is 20.9 Å². The van der Waals surface area contributed by atoms with E-state index in [1.54, 1.807) is 0 Å². The Labute approximate surface area is 120 Å². The highest BCUT2D eigenvalue weighted by atomic mass is 16.2. The number of urea groups is 1. The summed E-state index contributed by atoms with van der Waals surface area (Å²) in [6.07, 6.45) is 0.796. The third-order valence-corrected chi connectivity index (χ3v) is 4.04. The molecule has 2 unspecified atom stereocenters. The summed E-state index contributed by atoms with van der Waals surface area (Å²) in [7, 11) is 0. The summed E-state index contributed by atoms with van der Waals surface area (Å²) in [5.41, 5.74) is 5.88. The normalized spacial score (nSPS) is 24.4. The van der Waals surface area contributed by atoms with E-state index < -0.39 is 0 Å². The van der Waals surface area contributed by atoms with E-state index in [2.05, 4.69) is 26.1 Å². The third-order valence-electron chi connectivity index (χ3n) is 4.04. The highest BCUT2D eigenvalue weighted by Crippen LogP contribution is 2.26. The van der Waals surface area contributed by atoms with Crippen molar-refractivity contribution in [2.45, 2.75) is 33.2 Å². The zero-order valence-electron chi connectivity index (χ0n) is 12.7. The van der Waals surface area contributed by atoms with Crippen LogP contribution in [0.2, 0.25) is 0 Å². The van der Waals surface area contributed by atoms with Gasteiger partial charge in [0.25, 0.3) is 0 Å². The molecule has 2 heterocycles. The number of hydrogen-bond donors (Lipinski definition) is 2. The Bertz CT molecular complexity index is 391.